The normalized spacial score (nSPS) is 15.7. The Labute approximate surface area is 159 Å². The lowest BCUT2D eigenvalue weighted by molar-refractivity contribution is -0.118. The zero-order valence-corrected chi connectivity index (χ0v) is 16.6. The summed E-state index contributed by atoms with van der Waals surface area (Å²) in [4.78, 5) is 23.4. The van der Waals surface area contributed by atoms with Crippen molar-refractivity contribution in [2.45, 2.75) is 43.9 Å². The molecule has 1 aliphatic carbocycles. The van der Waals surface area contributed by atoms with Gasteiger partial charge < -0.3 is 14.8 Å². The maximum atomic E-state index is 12.0. The van der Waals surface area contributed by atoms with Crippen LogP contribution in [0.25, 0.3) is 11.2 Å². The van der Waals surface area contributed by atoms with E-state index in [0.29, 0.717) is 18.3 Å². The van der Waals surface area contributed by atoms with Gasteiger partial charge in [-0.3, -0.25) is 4.79 Å². The molecule has 6 nitrogen and oxygen atoms in total. The molecule has 0 radical (unpaired) electrons. The predicted octanol–water partition coefficient (Wildman–Crippen LogP) is 2.85. The first-order valence-corrected chi connectivity index (χ1v) is 10.6. The molecule has 2 heterocycles. The van der Waals surface area contributed by atoms with E-state index in [1.165, 1.54) is 32.1 Å². The van der Waals surface area contributed by atoms with Gasteiger partial charge >= 0.3 is 0 Å². The van der Waals surface area contributed by atoms with Crippen LogP contribution in [0.15, 0.2) is 18.3 Å². The Bertz CT molecular complexity index is 724. The summed E-state index contributed by atoms with van der Waals surface area (Å²) in [6, 6.07) is 4.47. The summed E-state index contributed by atoms with van der Waals surface area (Å²) in [6.45, 7) is 1.55. The average Bonchev–Trinajstić information content (AvgIpc) is 3.00. The minimum atomic E-state index is 0.0929. The number of hydrogen-bond acceptors (Lipinski definition) is 5. The zero-order valence-electron chi connectivity index (χ0n) is 15.8. The summed E-state index contributed by atoms with van der Waals surface area (Å²) in [5, 5.41) is 2.96. The van der Waals surface area contributed by atoms with Gasteiger partial charge in [-0.25, -0.2) is 9.97 Å². The van der Waals surface area contributed by atoms with Crippen LogP contribution in [0.5, 0.6) is 0 Å². The van der Waals surface area contributed by atoms with Crippen molar-refractivity contribution < 1.29 is 4.79 Å². The summed E-state index contributed by atoms with van der Waals surface area (Å²) in [7, 11) is 4.01. The van der Waals surface area contributed by atoms with Crippen molar-refractivity contribution in [1.29, 1.82) is 0 Å². The van der Waals surface area contributed by atoms with Crippen LogP contribution in [-0.2, 0) is 10.5 Å². The summed E-state index contributed by atoms with van der Waals surface area (Å²) in [6.07, 6.45) is 8.12. The fourth-order valence-corrected chi connectivity index (χ4v) is 4.28. The first-order valence-electron chi connectivity index (χ1n) is 9.46. The number of nitrogens with one attached hydrogen (secondary N) is 1. The fraction of sp³-hybridized carbons (Fsp3) is 0.632. The topological polar surface area (TPSA) is 63.1 Å². The number of pyridine rings is 1. The van der Waals surface area contributed by atoms with Crippen molar-refractivity contribution in [3.8, 4) is 0 Å². The Hall–Kier alpha value is -1.60. The zero-order chi connectivity index (χ0) is 18.4. The lowest BCUT2D eigenvalue weighted by Crippen LogP contribution is -2.32. The number of imidazole rings is 1. The maximum Gasteiger partial charge on any atom is 0.230 e. The molecule has 1 N–H and O–H groups in total. The second-order valence-corrected chi connectivity index (χ2v) is 8.17. The number of amides is 1. The van der Waals surface area contributed by atoms with E-state index in [-0.39, 0.29) is 5.91 Å². The molecule has 1 amide bonds. The van der Waals surface area contributed by atoms with E-state index in [1.807, 2.05) is 32.4 Å². The monoisotopic (exact) mass is 375 g/mol. The van der Waals surface area contributed by atoms with Crippen LogP contribution in [0, 0.1) is 0 Å². The summed E-state index contributed by atoms with van der Waals surface area (Å²) in [5.74, 6) is 2.36. The Kier molecular flexibility index (Phi) is 6.91. The first kappa shape index (κ1) is 19.2. The number of nitrogens with zero attached hydrogens (tertiary/aromatic N) is 4. The standard InChI is InChI=1S/C19H29N5OS/c1-23(2)12-11-20-18(25)14-26-13-17-22-16-9-6-10-21-19(16)24(17)15-7-4-3-5-8-15/h6,9-10,15H,3-5,7-8,11-14H2,1-2H3,(H,20,25). The third kappa shape index (κ3) is 4.98. The van der Waals surface area contributed by atoms with Crippen molar-refractivity contribution in [2.75, 3.05) is 32.9 Å². The molecule has 26 heavy (non-hydrogen) atoms. The molecule has 0 aromatic carbocycles. The quantitative estimate of drug-likeness (QED) is 0.769. The number of likely N-dealkylation sites (N-methyl/N-ethyl adjacent to an activating group) is 1. The number of carbonyl (C=O) groups excluding carboxylic acids is 1. The van der Waals surface area contributed by atoms with Crippen molar-refractivity contribution >= 4 is 28.8 Å². The minimum Gasteiger partial charge on any atom is -0.354 e. The molecular formula is C19H29N5OS. The fourth-order valence-electron chi connectivity index (χ4n) is 3.51. The summed E-state index contributed by atoms with van der Waals surface area (Å²) in [5.41, 5.74) is 1.95. The van der Waals surface area contributed by atoms with E-state index in [4.69, 9.17) is 4.98 Å². The highest BCUT2D eigenvalue weighted by molar-refractivity contribution is 7.99. The van der Waals surface area contributed by atoms with Gasteiger partial charge in [0, 0.05) is 25.3 Å². The Morgan fingerprint density at radius 3 is 2.92 bits per heavy atom. The van der Waals surface area contributed by atoms with Gasteiger partial charge in [0.25, 0.3) is 0 Å². The molecule has 0 aliphatic heterocycles. The summed E-state index contributed by atoms with van der Waals surface area (Å²) < 4.78 is 2.34. The number of carbonyl (C=O) groups is 1. The van der Waals surface area contributed by atoms with Crippen LogP contribution < -0.4 is 5.32 Å². The number of hydrogen-bond donors (Lipinski definition) is 1. The molecule has 0 atom stereocenters. The Balaban J connectivity index is 1.63. The highest BCUT2D eigenvalue weighted by Crippen LogP contribution is 2.32. The molecule has 142 valence electrons. The second-order valence-electron chi connectivity index (χ2n) is 7.18. The van der Waals surface area contributed by atoms with Gasteiger partial charge in [0.2, 0.25) is 5.91 Å². The van der Waals surface area contributed by atoms with Gasteiger partial charge in [-0.05, 0) is 39.1 Å². The van der Waals surface area contributed by atoms with E-state index >= 15 is 0 Å². The number of thioether (sulfide) groups is 1. The molecule has 0 saturated heterocycles. The largest absolute Gasteiger partial charge is 0.354 e. The molecular weight excluding hydrogens is 346 g/mol. The molecule has 1 fully saturated rings. The first-order chi connectivity index (χ1) is 12.6. The van der Waals surface area contributed by atoms with E-state index in [0.717, 1.165) is 29.3 Å². The van der Waals surface area contributed by atoms with Gasteiger partial charge in [0.1, 0.15) is 11.3 Å². The average molecular weight is 376 g/mol. The van der Waals surface area contributed by atoms with Gasteiger partial charge in [0.15, 0.2) is 5.65 Å². The Morgan fingerprint density at radius 1 is 1.35 bits per heavy atom. The number of fused-ring (bicyclic) bond motifs is 1. The van der Waals surface area contributed by atoms with Crippen molar-refractivity contribution in [3.63, 3.8) is 0 Å². The van der Waals surface area contributed by atoms with E-state index in [2.05, 4.69) is 19.8 Å². The Morgan fingerprint density at radius 2 is 2.15 bits per heavy atom. The molecule has 1 saturated carbocycles. The van der Waals surface area contributed by atoms with Crippen LogP contribution in [-0.4, -0.2) is 58.3 Å². The maximum absolute atomic E-state index is 12.0. The van der Waals surface area contributed by atoms with Crippen molar-refractivity contribution in [2.24, 2.45) is 0 Å². The molecule has 0 bridgehead atoms. The van der Waals surface area contributed by atoms with Crippen molar-refractivity contribution in [1.82, 2.24) is 24.8 Å². The van der Waals surface area contributed by atoms with E-state index in [1.54, 1.807) is 11.8 Å². The molecule has 0 spiro atoms. The molecule has 7 heteroatoms. The van der Waals surface area contributed by atoms with Gasteiger partial charge in [-0.1, -0.05) is 19.3 Å². The SMILES string of the molecule is CN(C)CCNC(=O)CSCc1nc2cccnc2n1C1CCCCC1. The lowest BCUT2D eigenvalue weighted by Gasteiger charge is -2.25. The highest BCUT2D eigenvalue weighted by atomic mass is 32.2. The predicted molar refractivity (Wildman–Crippen MR) is 107 cm³/mol. The van der Waals surface area contributed by atoms with Gasteiger partial charge in [0.05, 0.1) is 11.5 Å². The van der Waals surface area contributed by atoms with Crippen molar-refractivity contribution in [3.05, 3.63) is 24.2 Å². The lowest BCUT2D eigenvalue weighted by atomic mass is 9.95. The van der Waals surface area contributed by atoms with Gasteiger partial charge in [-0.15, -0.1) is 11.8 Å². The van der Waals surface area contributed by atoms with Crippen LogP contribution >= 0.6 is 11.8 Å². The molecule has 2 aromatic rings. The van der Waals surface area contributed by atoms with Crippen LogP contribution in [0.2, 0.25) is 0 Å². The number of rotatable bonds is 8. The summed E-state index contributed by atoms with van der Waals surface area (Å²) >= 11 is 1.63. The number of aromatic nitrogens is 3. The molecule has 3 rings (SSSR count). The molecule has 1 aliphatic rings. The third-order valence-corrected chi connectivity index (χ3v) is 5.74. The van der Waals surface area contributed by atoms with Crippen LogP contribution in [0.1, 0.15) is 44.0 Å². The van der Waals surface area contributed by atoms with E-state index < -0.39 is 0 Å². The van der Waals surface area contributed by atoms with Crippen LogP contribution in [0.3, 0.4) is 0 Å². The highest BCUT2D eigenvalue weighted by Gasteiger charge is 2.22. The smallest absolute Gasteiger partial charge is 0.230 e. The van der Waals surface area contributed by atoms with E-state index in [9.17, 15) is 4.79 Å². The molecule has 2 aromatic heterocycles. The third-order valence-electron chi connectivity index (χ3n) is 4.81. The minimum absolute atomic E-state index is 0.0929. The van der Waals surface area contributed by atoms with Crippen LogP contribution in [0.4, 0.5) is 0 Å². The van der Waals surface area contributed by atoms with Gasteiger partial charge in [-0.2, -0.15) is 0 Å². The molecule has 0 unspecified atom stereocenters. The second kappa shape index (κ2) is 9.37.